The summed E-state index contributed by atoms with van der Waals surface area (Å²) < 4.78 is 0. The number of carboxylic acid groups (broad SMARTS) is 1. The fraction of sp³-hybridized carbons (Fsp3) is 0.308. The van der Waals surface area contributed by atoms with Crippen molar-refractivity contribution in [2.75, 3.05) is 5.32 Å². The van der Waals surface area contributed by atoms with Crippen LogP contribution in [0.2, 0.25) is 0 Å². The van der Waals surface area contributed by atoms with Crippen molar-refractivity contribution in [3.8, 4) is 0 Å². The quantitative estimate of drug-likeness (QED) is 0.858. The molecule has 0 radical (unpaired) electrons. The van der Waals surface area contributed by atoms with E-state index in [-0.39, 0.29) is 12.1 Å². The van der Waals surface area contributed by atoms with Gasteiger partial charge >= 0.3 is 5.97 Å². The normalized spacial score (nSPS) is 17.5. The summed E-state index contributed by atoms with van der Waals surface area (Å²) in [5.74, 6) is -1.56. The number of anilines is 1. The number of oxime groups is 1. The van der Waals surface area contributed by atoms with Crippen molar-refractivity contribution >= 4 is 23.3 Å². The lowest BCUT2D eigenvalue weighted by atomic mass is 10.1. The van der Waals surface area contributed by atoms with E-state index in [1.54, 1.807) is 12.1 Å². The number of hydrogen-bond acceptors (Lipinski definition) is 4. The first-order valence-corrected chi connectivity index (χ1v) is 5.96. The predicted octanol–water partition coefficient (Wildman–Crippen LogP) is 1.42. The minimum absolute atomic E-state index is 0.0196. The van der Waals surface area contributed by atoms with Crippen LogP contribution in [-0.2, 0) is 20.8 Å². The van der Waals surface area contributed by atoms with Crippen molar-refractivity contribution in [3.63, 3.8) is 0 Å². The zero-order valence-electron chi connectivity index (χ0n) is 10.4. The number of carbonyl (C=O) groups excluding carboxylic acids is 1. The molecule has 1 aliphatic rings. The molecule has 0 saturated heterocycles. The average Bonchev–Trinajstić information content (AvgIpc) is 2.89. The van der Waals surface area contributed by atoms with Crippen molar-refractivity contribution in [2.24, 2.45) is 5.16 Å². The van der Waals surface area contributed by atoms with Gasteiger partial charge in [0.15, 0.2) is 5.71 Å². The number of nitrogens with zero attached hydrogens (tertiary/aromatic N) is 1. The lowest BCUT2D eigenvalue weighted by molar-refractivity contribution is -0.129. The number of carboxylic acids is 1. The first-order valence-electron chi connectivity index (χ1n) is 5.96. The van der Waals surface area contributed by atoms with Gasteiger partial charge in [-0.25, -0.2) is 4.79 Å². The summed E-state index contributed by atoms with van der Waals surface area (Å²) in [5, 5.41) is 14.7. The third-order valence-electron chi connectivity index (χ3n) is 2.84. The lowest BCUT2D eigenvalue weighted by Gasteiger charge is -2.09. The lowest BCUT2D eigenvalue weighted by Crippen LogP contribution is -2.28. The highest BCUT2D eigenvalue weighted by molar-refractivity contribution is 6.36. The van der Waals surface area contributed by atoms with Gasteiger partial charge in [-0.05, 0) is 24.1 Å². The van der Waals surface area contributed by atoms with E-state index in [9.17, 15) is 9.59 Å². The summed E-state index contributed by atoms with van der Waals surface area (Å²) >= 11 is 0. The first-order chi connectivity index (χ1) is 9.10. The topological polar surface area (TPSA) is 88.0 Å². The van der Waals surface area contributed by atoms with Crippen LogP contribution in [0, 0.1) is 0 Å². The molecule has 0 bridgehead atoms. The molecule has 6 nitrogen and oxygen atoms in total. The largest absolute Gasteiger partial charge is 0.477 e. The second-order valence-corrected chi connectivity index (χ2v) is 4.18. The van der Waals surface area contributed by atoms with Crippen LogP contribution >= 0.6 is 0 Å². The van der Waals surface area contributed by atoms with Crippen LogP contribution in [0.25, 0.3) is 0 Å². The van der Waals surface area contributed by atoms with Gasteiger partial charge in [-0.3, -0.25) is 4.79 Å². The number of rotatable bonds is 4. The second kappa shape index (κ2) is 5.51. The summed E-state index contributed by atoms with van der Waals surface area (Å²) in [7, 11) is 0. The maximum atomic E-state index is 11.8. The average molecular weight is 262 g/mol. The van der Waals surface area contributed by atoms with E-state index in [0.717, 1.165) is 6.42 Å². The molecular formula is C13H14N2O4. The SMILES string of the molecule is CCc1ccc(NC(=O)C2CC(C(=O)O)=NO2)cc1. The first kappa shape index (κ1) is 13.1. The molecule has 2 rings (SSSR count). The van der Waals surface area contributed by atoms with Gasteiger partial charge in [-0.15, -0.1) is 0 Å². The highest BCUT2D eigenvalue weighted by atomic mass is 16.6. The minimum atomic E-state index is -1.16. The maximum absolute atomic E-state index is 11.8. The van der Waals surface area contributed by atoms with E-state index in [1.165, 1.54) is 5.56 Å². The van der Waals surface area contributed by atoms with E-state index in [4.69, 9.17) is 9.94 Å². The molecular weight excluding hydrogens is 248 g/mol. The standard InChI is InChI=1S/C13H14N2O4/c1-2-8-3-5-9(6-4-8)14-12(16)11-7-10(13(17)18)15-19-11/h3-6,11H,2,7H2,1H3,(H,14,16)(H,17,18). The highest BCUT2D eigenvalue weighted by Gasteiger charge is 2.31. The maximum Gasteiger partial charge on any atom is 0.353 e. The van der Waals surface area contributed by atoms with E-state index >= 15 is 0 Å². The Kier molecular flexibility index (Phi) is 3.79. The van der Waals surface area contributed by atoms with Crippen molar-refractivity contribution < 1.29 is 19.5 Å². The van der Waals surface area contributed by atoms with Gasteiger partial charge in [0.05, 0.1) is 0 Å². The molecule has 0 fully saturated rings. The van der Waals surface area contributed by atoms with Crippen molar-refractivity contribution in [3.05, 3.63) is 29.8 Å². The molecule has 1 unspecified atom stereocenters. The summed E-state index contributed by atoms with van der Waals surface area (Å²) in [4.78, 5) is 27.3. The third kappa shape index (κ3) is 3.09. The second-order valence-electron chi connectivity index (χ2n) is 4.18. The van der Waals surface area contributed by atoms with Crippen molar-refractivity contribution in [1.29, 1.82) is 0 Å². The van der Waals surface area contributed by atoms with Crippen LogP contribution < -0.4 is 5.32 Å². The number of benzene rings is 1. The number of hydrogen-bond donors (Lipinski definition) is 2. The van der Waals surface area contributed by atoms with Crippen LogP contribution in [0.3, 0.4) is 0 Å². The van der Waals surface area contributed by atoms with Crippen LogP contribution in [0.5, 0.6) is 0 Å². The fourth-order valence-corrected chi connectivity index (χ4v) is 1.69. The highest BCUT2D eigenvalue weighted by Crippen LogP contribution is 2.15. The third-order valence-corrected chi connectivity index (χ3v) is 2.84. The van der Waals surface area contributed by atoms with Crippen LogP contribution in [0.1, 0.15) is 18.9 Å². The number of carbonyl (C=O) groups is 2. The van der Waals surface area contributed by atoms with Crippen LogP contribution in [-0.4, -0.2) is 28.8 Å². The minimum Gasteiger partial charge on any atom is -0.477 e. The molecule has 1 amide bonds. The number of aryl methyl sites for hydroxylation is 1. The van der Waals surface area contributed by atoms with Gasteiger partial charge in [0, 0.05) is 12.1 Å². The summed E-state index contributed by atoms with van der Waals surface area (Å²) in [5.41, 5.74) is 1.68. The Morgan fingerprint density at radius 1 is 1.42 bits per heavy atom. The Morgan fingerprint density at radius 2 is 2.11 bits per heavy atom. The van der Waals surface area contributed by atoms with Gasteiger partial charge in [0.25, 0.3) is 5.91 Å². The number of amides is 1. The molecule has 100 valence electrons. The molecule has 0 aromatic heterocycles. The summed E-state index contributed by atoms with van der Waals surface area (Å²) in [6.07, 6.45) is 0.0289. The molecule has 1 aromatic carbocycles. The van der Waals surface area contributed by atoms with Crippen molar-refractivity contribution in [2.45, 2.75) is 25.9 Å². The molecule has 19 heavy (non-hydrogen) atoms. The molecule has 0 spiro atoms. The number of aliphatic carboxylic acids is 1. The predicted molar refractivity (Wildman–Crippen MR) is 69.0 cm³/mol. The zero-order valence-corrected chi connectivity index (χ0v) is 10.4. The molecule has 0 aliphatic carbocycles. The van der Waals surface area contributed by atoms with Gasteiger partial charge in [0.2, 0.25) is 6.10 Å². The fourth-order valence-electron chi connectivity index (χ4n) is 1.69. The van der Waals surface area contributed by atoms with Crippen LogP contribution in [0.4, 0.5) is 5.69 Å². The molecule has 1 heterocycles. The van der Waals surface area contributed by atoms with Gasteiger partial charge in [-0.1, -0.05) is 24.2 Å². The number of nitrogens with one attached hydrogen (secondary N) is 1. The van der Waals surface area contributed by atoms with E-state index < -0.39 is 18.0 Å². The van der Waals surface area contributed by atoms with E-state index in [1.807, 2.05) is 19.1 Å². The molecule has 0 saturated carbocycles. The molecule has 1 atom stereocenters. The smallest absolute Gasteiger partial charge is 0.353 e. The summed E-state index contributed by atoms with van der Waals surface area (Å²) in [6, 6.07) is 7.43. The Bertz CT molecular complexity index is 522. The van der Waals surface area contributed by atoms with Gasteiger partial charge in [-0.2, -0.15) is 0 Å². The van der Waals surface area contributed by atoms with Crippen LogP contribution in [0.15, 0.2) is 29.4 Å². The Labute approximate surface area is 110 Å². The van der Waals surface area contributed by atoms with E-state index in [0.29, 0.717) is 5.69 Å². The van der Waals surface area contributed by atoms with E-state index in [2.05, 4.69) is 10.5 Å². The van der Waals surface area contributed by atoms with Crippen molar-refractivity contribution in [1.82, 2.24) is 0 Å². The molecule has 2 N–H and O–H groups in total. The monoisotopic (exact) mass is 262 g/mol. The zero-order chi connectivity index (χ0) is 13.8. The molecule has 6 heteroatoms. The Balaban J connectivity index is 1.93. The summed E-state index contributed by atoms with van der Waals surface area (Å²) in [6.45, 7) is 2.05. The van der Waals surface area contributed by atoms with Gasteiger partial charge < -0.3 is 15.3 Å². The molecule has 1 aromatic rings. The Morgan fingerprint density at radius 3 is 2.63 bits per heavy atom. The Hall–Kier alpha value is -2.37. The van der Waals surface area contributed by atoms with Gasteiger partial charge in [0.1, 0.15) is 0 Å². The molecule has 1 aliphatic heterocycles.